The van der Waals surface area contributed by atoms with Crippen LogP contribution >= 0.6 is 12.4 Å². The highest BCUT2D eigenvalue weighted by molar-refractivity contribution is 5.93. The van der Waals surface area contributed by atoms with Gasteiger partial charge in [-0.05, 0) is 37.6 Å². The molecule has 2 rings (SSSR count). The molecule has 0 heterocycles. The summed E-state index contributed by atoms with van der Waals surface area (Å²) in [6.07, 6.45) is 3.13. The molecule has 0 aromatic heterocycles. The average molecular weight is 312 g/mol. The smallest absolute Gasteiger partial charge is 0.234 e. The summed E-state index contributed by atoms with van der Waals surface area (Å²) in [5.41, 5.74) is 1.77. The Hall–Kier alpha value is -1.59. The third kappa shape index (κ3) is 5.36. The highest BCUT2D eigenvalue weighted by atomic mass is 35.5. The summed E-state index contributed by atoms with van der Waals surface area (Å²) >= 11 is 0. The molecule has 0 unspecified atom stereocenters. The number of carbonyl (C=O) groups is 2. The van der Waals surface area contributed by atoms with Gasteiger partial charge in [0.05, 0.1) is 6.54 Å². The normalized spacial score (nSPS) is 13.8. The summed E-state index contributed by atoms with van der Waals surface area (Å²) in [4.78, 5) is 23.2. The molecule has 0 atom stereocenters. The van der Waals surface area contributed by atoms with Gasteiger partial charge in [0.2, 0.25) is 11.8 Å². The first-order valence-electron chi connectivity index (χ1n) is 7.00. The predicted octanol–water partition coefficient (Wildman–Crippen LogP) is 1.68. The standard InChI is InChI=1S/C15H21N3O2.ClH/c1-16-10-14(19)17-9-11-4-2-7-13(8-11)18-15(20)12-5-3-6-12;/h2,4,7-8,12,16H,3,5-6,9-10H2,1H3,(H,17,19)(H,18,20);1H. The lowest BCUT2D eigenvalue weighted by molar-refractivity contribution is -0.122. The molecule has 0 aliphatic heterocycles. The van der Waals surface area contributed by atoms with Crippen LogP contribution in [0.5, 0.6) is 0 Å². The molecule has 0 radical (unpaired) electrons. The highest BCUT2D eigenvalue weighted by Crippen LogP contribution is 2.27. The van der Waals surface area contributed by atoms with Gasteiger partial charge in [0.25, 0.3) is 0 Å². The average Bonchev–Trinajstić information content (AvgIpc) is 2.35. The molecule has 1 aliphatic rings. The fourth-order valence-electron chi connectivity index (χ4n) is 2.10. The van der Waals surface area contributed by atoms with E-state index in [1.165, 1.54) is 0 Å². The molecule has 0 bridgehead atoms. The number of hydrogen-bond donors (Lipinski definition) is 3. The fourth-order valence-corrected chi connectivity index (χ4v) is 2.10. The Morgan fingerprint density at radius 3 is 2.67 bits per heavy atom. The van der Waals surface area contributed by atoms with Crippen molar-refractivity contribution in [3.05, 3.63) is 29.8 Å². The van der Waals surface area contributed by atoms with Crippen LogP contribution in [0.1, 0.15) is 24.8 Å². The van der Waals surface area contributed by atoms with E-state index in [1.807, 2.05) is 24.3 Å². The van der Waals surface area contributed by atoms with Crippen molar-refractivity contribution >= 4 is 29.9 Å². The van der Waals surface area contributed by atoms with Crippen LogP contribution in [-0.2, 0) is 16.1 Å². The number of rotatable bonds is 6. The summed E-state index contributed by atoms with van der Waals surface area (Å²) in [6.45, 7) is 0.770. The van der Waals surface area contributed by atoms with Crippen LogP contribution in [0.25, 0.3) is 0 Å². The minimum Gasteiger partial charge on any atom is -0.351 e. The molecule has 0 saturated heterocycles. The number of likely N-dealkylation sites (N-methyl/N-ethyl adjacent to an activating group) is 1. The predicted molar refractivity (Wildman–Crippen MR) is 85.4 cm³/mol. The van der Waals surface area contributed by atoms with Crippen molar-refractivity contribution in [1.29, 1.82) is 0 Å². The number of carbonyl (C=O) groups excluding carboxylic acids is 2. The van der Waals surface area contributed by atoms with Crippen LogP contribution < -0.4 is 16.0 Å². The van der Waals surface area contributed by atoms with E-state index in [-0.39, 0.29) is 30.1 Å². The lowest BCUT2D eigenvalue weighted by Crippen LogP contribution is -2.31. The van der Waals surface area contributed by atoms with Gasteiger partial charge in [0.1, 0.15) is 0 Å². The summed E-state index contributed by atoms with van der Waals surface area (Å²) in [6, 6.07) is 7.58. The summed E-state index contributed by atoms with van der Waals surface area (Å²) in [7, 11) is 1.73. The molecule has 1 fully saturated rings. The molecule has 1 saturated carbocycles. The van der Waals surface area contributed by atoms with Crippen LogP contribution in [0.15, 0.2) is 24.3 Å². The van der Waals surface area contributed by atoms with Gasteiger partial charge in [0, 0.05) is 18.2 Å². The fraction of sp³-hybridized carbons (Fsp3) is 0.467. The van der Waals surface area contributed by atoms with Gasteiger partial charge < -0.3 is 16.0 Å². The van der Waals surface area contributed by atoms with E-state index in [0.717, 1.165) is 30.5 Å². The Labute approximate surface area is 131 Å². The molecular weight excluding hydrogens is 290 g/mol. The Kier molecular flexibility index (Phi) is 7.19. The van der Waals surface area contributed by atoms with Crippen molar-refractivity contribution < 1.29 is 9.59 Å². The van der Waals surface area contributed by atoms with Crippen molar-refractivity contribution in [3.63, 3.8) is 0 Å². The number of halogens is 1. The minimum absolute atomic E-state index is 0. The molecule has 1 aliphatic carbocycles. The third-order valence-electron chi connectivity index (χ3n) is 3.50. The van der Waals surface area contributed by atoms with Gasteiger partial charge in [-0.2, -0.15) is 0 Å². The Balaban J connectivity index is 0.00000220. The van der Waals surface area contributed by atoms with Crippen LogP contribution in [0.4, 0.5) is 5.69 Å². The second kappa shape index (κ2) is 8.64. The Morgan fingerprint density at radius 2 is 2.05 bits per heavy atom. The second-order valence-electron chi connectivity index (χ2n) is 5.12. The van der Waals surface area contributed by atoms with Crippen molar-refractivity contribution in [2.75, 3.05) is 18.9 Å². The lowest BCUT2D eigenvalue weighted by Gasteiger charge is -2.24. The first-order valence-corrected chi connectivity index (χ1v) is 7.00. The molecular formula is C15H22ClN3O2. The van der Waals surface area contributed by atoms with Gasteiger partial charge >= 0.3 is 0 Å². The molecule has 0 spiro atoms. The molecule has 116 valence electrons. The SMILES string of the molecule is CNCC(=O)NCc1cccc(NC(=O)C2CCC2)c1.Cl. The second-order valence-corrected chi connectivity index (χ2v) is 5.12. The molecule has 3 N–H and O–H groups in total. The molecule has 21 heavy (non-hydrogen) atoms. The summed E-state index contributed by atoms with van der Waals surface area (Å²) in [5.74, 6) is 0.234. The maximum Gasteiger partial charge on any atom is 0.234 e. The van der Waals surface area contributed by atoms with E-state index < -0.39 is 0 Å². The molecule has 1 aromatic carbocycles. The number of hydrogen-bond acceptors (Lipinski definition) is 3. The van der Waals surface area contributed by atoms with E-state index in [2.05, 4.69) is 16.0 Å². The zero-order valence-electron chi connectivity index (χ0n) is 12.1. The zero-order chi connectivity index (χ0) is 14.4. The number of amides is 2. The lowest BCUT2D eigenvalue weighted by atomic mass is 9.85. The van der Waals surface area contributed by atoms with Gasteiger partial charge in [-0.25, -0.2) is 0 Å². The van der Waals surface area contributed by atoms with Crippen LogP contribution in [-0.4, -0.2) is 25.4 Å². The van der Waals surface area contributed by atoms with Gasteiger partial charge in [0.15, 0.2) is 0 Å². The quantitative estimate of drug-likeness (QED) is 0.748. The Bertz CT molecular complexity index is 490. The van der Waals surface area contributed by atoms with Gasteiger partial charge in [-0.15, -0.1) is 12.4 Å². The van der Waals surface area contributed by atoms with Crippen LogP contribution in [0.2, 0.25) is 0 Å². The van der Waals surface area contributed by atoms with Crippen molar-refractivity contribution in [3.8, 4) is 0 Å². The minimum atomic E-state index is -0.0450. The number of nitrogens with one attached hydrogen (secondary N) is 3. The zero-order valence-corrected chi connectivity index (χ0v) is 13.0. The first-order chi connectivity index (χ1) is 9.69. The van der Waals surface area contributed by atoms with E-state index in [9.17, 15) is 9.59 Å². The van der Waals surface area contributed by atoms with Crippen LogP contribution in [0, 0.1) is 5.92 Å². The third-order valence-corrected chi connectivity index (χ3v) is 3.50. The summed E-state index contributed by atoms with van der Waals surface area (Å²) < 4.78 is 0. The van der Waals surface area contributed by atoms with E-state index >= 15 is 0 Å². The van der Waals surface area contributed by atoms with Crippen molar-refractivity contribution in [2.45, 2.75) is 25.8 Å². The van der Waals surface area contributed by atoms with E-state index in [1.54, 1.807) is 7.05 Å². The maximum atomic E-state index is 11.9. The Morgan fingerprint density at radius 1 is 1.29 bits per heavy atom. The molecule has 2 amide bonds. The van der Waals surface area contributed by atoms with Crippen molar-refractivity contribution in [2.24, 2.45) is 5.92 Å². The van der Waals surface area contributed by atoms with E-state index in [0.29, 0.717) is 13.1 Å². The maximum absolute atomic E-state index is 11.9. The van der Waals surface area contributed by atoms with E-state index in [4.69, 9.17) is 0 Å². The monoisotopic (exact) mass is 311 g/mol. The highest BCUT2D eigenvalue weighted by Gasteiger charge is 2.25. The van der Waals surface area contributed by atoms with Crippen molar-refractivity contribution in [1.82, 2.24) is 10.6 Å². The molecule has 1 aromatic rings. The number of benzene rings is 1. The topological polar surface area (TPSA) is 70.2 Å². The van der Waals surface area contributed by atoms with Crippen LogP contribution in [0.3, 0.4) is 0 Å². The molecule has 6 heteroatoms. The number of anilines is 1. The summed E-state index contributed by atoms with van der Waals surface area (Å²) in [5, 5.41) is 8.54. The largest absolute Gasteiger partial charge is 0.351 e. The first kappa shape index (κ1) is 17.5. The van der Waals surface area contributed by atoms with Gasteiger partial charge in [-0.3, -0.25) is 9.59 Å². The molecule has 5 nitrogen and oxygen atoms in total. The van der Waals surface area contributed by atoms with Gasteiger partial charge in [-0.1, -0.05) is 18.6 Å².